The van der Waals surface area contributed by atoms with Crippen LogP contribution in [0.1, 0.15) is 50.5 Å². The molecule has 7 nitrogen and oxygen atoms in total. The van der Waals surface area contributed by atoms with Crippen molar-refractivity contribution in [3.05, 3.63) is 70.7 Å². The molecule has 0 aliphatic rings. The Morgan fingerprint density at radius 3 is 2.50 bits per heavy atom. The zero-order valence-corrected chi connectivity index (χ0v) is 16.1. The molecule has 28 heavy (non-hydrogen) atoms. The number of hydrazine groups is 1. The number of benzene rings is 1. The van der Waals surface area contributed by atoms with E-state index in [1.807, 2.05) is 32.0 Å². The quantitative estimate of drug-likeness (QED) is 0.527. The Kier molecular flexibility index (Phi) is 5.54. The number of amides is 2. The highest BCUT2D eigenvalue weighted by Crippen LogP contribution is 2.13. The molecule has 0 radical (unpaired) electrons. The number of carbonyl (C=O) groups is 3. The molecule has 0 saturated carbocycles. The van der Waals surface area contributed by atoms with E-state index in [9.17, 15) is 14.4 Å². The number of nitrogens with one attached hydrogen (secondary N) is 2. The lowest BCUT2D eigenvalue weighted by Crippen LogP contribution is -2.42. The fraction of sp³-hybridized carbons (Fsp3) is 0.238. The maximum atomic E-state index is 12.4. The van der Waals surface area contributed by atoms with E-state index in [0.717, 1.165) is 11.1 Å². The molecule has 2 amide bonds. The molecule has 3 aromatic rings. The molecular weight excluding hydrogens is 356 g/mol. The van der Waals surface area contributed by atoms with Gasteiger partial charge < -0.3 is 0 Å². The van der Waals surface area contributed by atoms with E-state index in [-0.39, 0.29) is 18.6 Å². The second-order valence-electron chi connectivity index (χ2n) is 6.70. The summed E-state index contributed by atoms with van der Waals surface area (Å²) in [5.74, 6) is -1.01. The zero-order valence-electron chi connectivity index (χ0n) is 16.1. The van der Waals surface area contributed by atoms with Crippen LogP contribution in [0.25, 0.3) is 5.65 Å². The highest BCUT2D eigenvalue weighted by Gasteiger charge is 2.17. The molecule has 0 aliphatic carbocycles. The predicted molar refractivity (Wildman–Crippen MR) is 105 cm³/mol. The Labute approximate surface area is 162 Å². The van der Waals surface area contributed by atoms with Crippen molar-refractivity contribution in [2.45, 2.75) is 33.6 Å². The maximum absolute atomic E-state index is 12.4. The first-order valence-corrected chi connectivity index (χ1v) is 9.00. The number of hydrogen-bond acceptors (Lipinski definition) is 4. The van der Waals surface area contributed by atoms with Gasteiger partial charge in [0.1, 0.15) is 11.3 Å². The SMILES string of the molecule is Cc1ccc(C(=O)CCC(=O)NNC(=O)c2c(C)nc3ccccn23)cc1C. The van der Waals surface area contributed by atoms with Gasteiger partial charge in [0, 0.05) is 24.6 Å². The summed E-state index contributed by atoms with van der Waals surface area (Å²) < 4.78 is 1.65. The molecule has 2 aromatic heterocycles. The van der Waals surface area contributed by atoms with Crippen molar-refractivity contribution >= 4 is 23.2 Å². The number of Topliss-reactive ketones (excluding diaryl/α,β-unsaturated/α-hetero) is 1. The van der Waals surface area contributed by atoms with Crippen LogP contribution < -0.4 is 10.9 Å². The minimum atomic E-state index is -0.468. The number of nitrogens with zero attached hydrogens (tertiary/aromatic N) is 2. The first kappa shape index (κ1) is 19.3. The Morgan fingerprint density at radius 1 is 0.964 bits per heavy atom. The second-order valence-corrected chi connectivity index (χ2v) is 6.70. The topological polar surface area (TPSA) is 92.6 Å². The van der Waals surface area contributed by atoms with E-state index in [1.54, 1.807) is 35.7 Å². The van der Waals surface area contributed by atoms with E-state index in [4.69, 9.17) is 0 Å². The van der Waals surface area contributed by atoms with Crippen molar-refractivity contribution < 1.29 is 14.4 Å². The second kappa shape index (κ2) is 8.04. The van der Waals surface area contributed by atoms with E-state index < -0.39 is 11.8 Å². The van der Waals surface area contributed by atoms with Gasteiger partial charge in [-0.05, 0) is 50.1 Å². The lowest BCUT2D eigenvalue weighted by molar-refractivity contribution is -0.121. The minimum absolute atomic E-state index is 0.0157. The largest absolute Gasteiger partial charge is 0.295 e. The van der Waals surface area contributed by atoms with Crippen molar-refractivity contribution in [3.63, 3.8) is 0 Å². The molecular formula is C21H22N4O3. The van der Waals surface area contributed by atoms with Gasteiger partial charge >= 0.3 is 0 Å². The number of ketones is 1. The van der Waals surface area contributed by atoms with Gasteiger partial charge in [-0.1, -0.05) is 18.2 Å². The van der Waals surface area contributed by atoms with Gasteiger partial charge in [-0.25, -0.2) is 4.98 Å². The number of carbonyl (C=O) groups excluding carboxylic acids is 3. The molecule has 2 heterocycles. The van der Waals surface area contributed by atoms with Gasteiger partial charge in [-0.15, -0.1) is 0 Å². The van der Waals surface area contributed by atoms with Gasteiger partial charge in [0.05, 0.1) is 5.69 Å². The lowest BCUT2D eigenvalue weighted by Gasteiger charge is -2.08. The number of aryl methyl sites for hydroxylation is 3. The molecule has 0 saturated heterocycles. The molecule has 144 valence electrons. The highest BCUT2D eigenvalue weighted by molar-refractivity contribution is 5.99. The number of pyridine rings is 1. The van der Waals surface area contributed by atoms with Gasteiger partial charge in [-0.3, -0.25) is 29.6 Å². The summed E-state index contributed by atoms with van der Waals surface area (Å²) in [5.41, 5.74) is 9.03. The van der Waals surface area contributed by atoms with Crippen LogP contribution in [0.4, 0.5) is 0 Å². The maximum Gasteiger partial charge on any atom is 0.288 e. The summed E-state index contributed by atoms with van der Waals surface area (Å²) >= 11 is 0. The van der Waals surface area contributed by atoms with Crippen LogP contribution in [0.2, 0.25) is 0 Å². The van der Waals surface area contributed by atoms with Crippen LogP contribution in [-0.4, -0.2) is 27.0 Å². The average Bonchev–Trinajstić information content (AvgIpc) is 3.02. The first-order chi connectivity index (χ1) is 13.4. The van der Waals surface area contributed by atoms with Crippen LogP contribution in [0.15, 0.2) is 42.6 Å². The van der Waals surface area contributed by atoms with Gasteiger partial charge in [0.25, 0.3) is 5.91 Å². The number of hydrogen-bond donors (Lipinski definition) is 2. The van der Waals surface area contributed by atoms with Crippen LogP contribution in [0, 0.1) is 20.8 Å². The fourth-order valence-corrected chi connectivity index (χ4v) is 2.92. The monoisotopic (exact) mass is 378 g/mol. The third-order valence-electron chi connectivity index (χ3n) is 4.64. The van der Waals surface area contributed by atoms with Crippen LogP contribution in [-0.2, 0) is 4.79 Å². The number of aromatic nitrogens is 2. The summed E-state index contributed by atoms with van der Waals surface area (Å²) in [6.07, 6.45) is 1.78. The molecule has 1 aromatic carbocycles. The Bertz CT molecular complexity index is 1070. The van der Waals surface area contributed by atoms with Crippen LogP contribution in [0.5, 0.6) is 0 Å². The summed E-state index contributed by atoms with van der Waals surface area (Å²) in [7, 11) is 0. The summed E-state index contributed by atoms with van der Waals surface area (Å²) in [4.78, 5) is 41.0. The molecule has 0 atom stereocenters. The zero-order chi connectivity index (χ0) is 20.3. The Hall–Kier alpha value is -3.48. The normalized spacial score (nSPS) is 10.7. The summed E-state index contributed by atoms with van der Waals surface area (Å²) in [5, 5.41) is 0. The molecule has 0 spiro atoms. The summed E-state index contributed by atoms with van der Waals surface area (Å²) in [6, 6.07) is 10.9. The van der Waals surface area contributed by atoms with E-state index >= 15 is 0 Å². The minimum Gasteiger partial charge on any atom is -0.295 e. The molecule has 0 fully saturated rings. The average molecular weight is 378 g/mol. The molecule has 0 aliphatic heterocycles. The smallest absolute Gasteiger partial charge is 0.288 e. The number of rotatable bonds is 5. The van der Waals surface area contributed by atoms with E-state index in [0.29, 0.717) is 22.6 Å². The third kappa shape index (κ3) is 4.09. The molecule has 7 heteroatoms. The van der Waals surface area contributed by atoms with E-state index in [1.165, 1.54) is 0 Å². The van der Waals surface area contributed by atoms with Gasteiger partial charge in [-0.2, -0.15) is 0 Å². The van der Waals surface area contributed by atoms with Crippen molar-refractivity contribution in [3.8, 4) is 0 Å². The highest BCUT2D eigenvalue weighted by atomic mass is 16.2. The standard InChI is InChI=1S/C21H22N4O3/c1-13-7-8-16(12-14(13)2)17(26)9-10-19(27)23-24-21(28)20-15(3)22-18-6-4-5-11-25(18)20/h4-8,11-12H,9-10H2,1-3H3,(H,23,27)(H,24,28). The number of imidazole rings is 1. The Morgan fingerprint density at radius 2 is 1.75 bits per heavy atom. The van der Waals surface area contributed by atoms with Crippen LogP contribution in [0.3, 0.4) is 0 Å². The van der Waals surface area contributed by atoms with Crippen molar-refractivity contribution in [2.24, 2.45) is 0 Å². The van der Waals surface area contributed by atoms with Gasteiger partial charge in [0.2, 0.25) is 5.91 Å². The summed E-state index contributed by atoms with van der Waals surface area (Å²) in [6.45, 7) is 5.65. The van der Waals surface area contributed by atoms with Crippen LogP contribution >= 0.6 is 0 Å². The molecule has 0 unspecified atom stereocenters. The molecule has 0 bridgehead atoms. The number of fused-ring (bicyclic) bond motifs is 1. The van der Waals surface area contributed by atoms with E-state index in [2.05, 4.69) is 15.8 Å². The molecule has 3 rings (SSSR count). The Balaban J connectivity index is 1.55. The first-order valence-electron chi connectivity index (χ1n) is 9.00. The van der Waals surface area contributed by atoms with Crippen molar-refractivity contribution in [1.29, 1.82) is 0 Å². The molecule has 2 N–H and O–H groups in total. The van der Waals surface area contributed by atoms with Crippen molar-refractivity contribution in [1.82, 2.24) is 20.2 Å². The lowest BCUT2D eigenvalue weighted by atomic mass is 10.0. The predicted octanol–water partition coefficient (Wildman–Crippen LogP) is 2.68. The van der Waals surface area contributed by atoms with Gasteiger partial charge in [0.15, 0.2) is 5.78 Å². The van der Waals surface area contributed by atoms with Crippen molar-refractivity contribution in [2.75, 3.05) is 0 Å². The third-order valence-corrected chi connectivity index (χ3v) is 4.64. The fourth-order valence-electron chi connectivity index (χ4n) is 2.92.